The van der Waals surface area contributed by atoms with E-state index in [0.717, 1.165) is 5.56 Å². The Kier molecular flexibility index (Phi) is 4.39. The number of aryl methyl sites for hydroxylation is 1. The number of aliphatic hydroxyl groups excluding tert-OH is 1. The third-order valence-corrected chi connectivity index (χ3v) is 3.35. The molecular weight excluding hydrogens is 244 g/mol. The summed E-state index contributed by atoms with van der Waals surface area (Å²) >= 11 is 0. The zero-order valence-corrected chi connectivity index (χ0v) is 11.3. The van der Waals surface area contributed by atoms with E-state index in [4.69, 9.17) is 4.74 Å². The molecule has 104 valence electrons. The van der Waals surface area contributed by atoms with Crippen LogP contribution in [0.4, 0.5) is 4.79 Å². The van der Waals surface area contributed by atoms with Gasteiger partial charge in [0.05, 0.1) is 19.2 Å². The van der Waals surface area contributed by atoms with Gasteiger partial charge in [-0.05, 0) is 12.5 Å². The quantitative estimate of drug-likeness (QED) is 0.852. The Morgan fingerprint density at radius 3 is 2.95 bits per heavy atom. The van der Waals surface area contributed by atoms with Crippen molar-refractivity contribution in [2.45, 2.75) is 25.7 Å². The average molecular weight is 264 g/mol. The minimum absolute atomic E-state index is 0.167. The van der Waals surface area contributed by atoms with E-state index in [1.165, 1.54) is 5.56 Å². The van der Waals surface area contributed by atoms with Gasteiger partial charge < -0.3 is 20.1 Å². The number of nitrogens with one attached hydrogen (secondary N) is 1. The molecule has 0 spiro atoms. The van der Waals surface area contributed by atoms with Crippen LogP contribution in [-0.2, 0) is 11.3 Å². The fraction of sp³-hybridized carbons (Fsp3) is 0.500. The molecule has 0 bridgehead atoms. The van der Waals surface area contributed by atoms with Gasteiger partial charge in [-0.25, -0.2) is 4.79 Å². The van der Waals surface area contributed by atoms with Crippen molar-refractivity contribution in [3.63, 3.8) is 0 Å². The van der Waals surface area contributed by atoms with E-state index in [1.807, 2.05) is 31.2 Å². The Hall–Kier alpha value is -1.59. The number of hydrogen-bond acceptors (Lipinski definition) is 3. The average Bonchev–Trinajstić information content (AvgIpc) is 2.77. The molecule has 0 radical (unpaired) electrons. The lowest BCUT2D eigenvalue weighted by Gasteiger charge is -2.16. The summed E-state index contributed by atoms with van der Waals surface area (Å²) in [5.74, 6) is 0. The SMILES string of the molecule is CO[C@H]1CN(C(=O)NCc2cccc(C)c2)C[C@@H]1O. The van der Waals surface area contributed by atoms with Gasteiger partial charge >= 0.3 is 6.03 Å². The molecule has 0 unspecified atom stereocenters. The molecule has 5 nitrogen and oxygen atoms in total. The van der Waals surface area contributed by atoms with Crippen LogP contribution in [0.25, 0.3) is 0 Å². The van der Waals surface area contributed by atoms with E-state index < -0.39 is 6.10 Å². The van der Waals surface area contributed by atoms with Crippen LogP contribution in [0.5, 0.6) is 0 Å². The molecular formula is C14H20N2O3. The van der Waals surface area contributed by atoms with Crippen LogP contribution in [0.3, 0.4) is 0 Å². The molecule has 19 heavy (non-hydrogen) atoms. The van der Waals surface area contributed by atoms with Crippen LogP contribution in [0.1, 0.15) is 11.1 Å². The van der Waals surface area contributed by atoms with E-state index in [1.54, 1.807) is 12.0 Å². The fourth-order valence-electron chi connectivity index (χ4n) is 2.27. The number of nitrogens with zero attached hydrogens (tertiary/aromatic N) is 1. The van der Waals surface area contributed by atoms with E-state index >= 15 is 0 Å². The fourth-order valence-corrected chi connectivity index (χ4v) is 2.27. The summed E-state index contributed by atoms with van der Waals surface area (Å²) in [5, 5.41) is 12.5. The molecule has 0 saturated carbocycles. The summed E-state index contributed by atoms with van der Waals surface area (Å²) in [4.78, 5) is 13.5. The zero-order chi connectivity index (χ0) is 13.8. The van der Waals surface area contributed by atoms with Crippen molar-refractivity contribution >= 4 is 6.03 Å². The van der Waals surface area contributed by atoms with Gasteiger partial charge in [-0.1, -0.05) is 29.8 Å². The molecule has 2 N–H and O–H groups in total. The third-order valence-electron chi connectivity index (χ3n) is 3.35. The van der Waals surface area contributed by atoms with E-state index in [0.29, 0.717) is 19.6 Å². The second kappa shape index (κ2) is 6.04. The number of carbonyl (C=O) groups is 1. The summed E-state index contributed by atoms with van der Waals surface area (Å²) < 4.78 is 5.11. The van der Waals surface area contributed by atoms with Crippen molar-refractivity contribution in [2.24, 2.45) is 0 Å². The maximum atomic E-state index is 12.0. The van der Waals surface area contributed by atoms with Crippen LogP contribution >= 0.6 is 0 Å². The first-order valence-electron chi connectivity index (χ1n) is 6.39. The Labute approximate surface area is 113 Å². The first-order valence-corrected chi connectivity index (χ1v) is 6.39. The van der Waals surface area contributed by atoms with E-state index in [-0.39, 0.29) is 12.1 Å². The third kappa shape index (κ3) is 3.45. The summed E-state index contributed by atoms with van der Waals surface area (Å²) in [6.45, 7) is 3.26. The summed E-state index contributed by atoms with van der Waals surface area (Å²) in [5.41, 5.74) is 2.24. The molecule has 0 aliphatic carbocycles. The molecule has 2 atom stereocenters. The highest BCUT2D eigenvalue weighted by atomic mass is 16.5. The largest absolute Gasteiger partial charge is 0.388 e. The minimum Gasteiger partial charge on any atom is -0.388 e. The lowest BCUT2D eigenvalue weighted by molar-refractivity contribution is 0.0215. The standard InChI is InChI=1S/C14H20N2O3/c1-10-4-3-5-11(6-10)7-15-14(18)16-8-12(17)13(9-16)19-2/h3-6,12-13,17H,7-9H2,1-2H3,(H,15,18)/t12-,13-/m0/s1. The molecule has 1 fully saturated rings. The summed E-state index contributed by atoms with van der Waals surface area (Å²) in [6, 6.07) is 7.84. The van der Waals surface area contributed by atoms with Crippen molar-refractivity contribution in [3.8, 4) is 0 Å². The Bertz CT molecular complexity index is 450. The van der Waals surface area contributed by atoms with Gasteiger partial charge in [0.1, 0.15) is 6.10 Å². The van der Waals surface area contributed by atoms with Crippen LogP contribution in [-0.4, -0.2) is 48.4 Å². The number of amides is 2. The van der Waals surface area contributed by atoms with Gasteiger partial charge in [0.15, 0.2) is 0 Å². The number of carbonyl (C=O) groups excluding carboxylic acids is 1. The second-order valence-electron chi connectivity index (χ2n) is 4.89. The number of rotatable bonds is 3. The number of aliphatic hydroxyl groups is 1. The monoisotopic (exact) mass is 264 g/mol. The van der Waals surface area contributed by atoms with E-state index in [9.17, 15) is 9.90 Å². The van der Waals surface area contributed by atoms with Gasteiger partial charge in [-0.3, -0.25) is 0 Å². The molecule has 2 rings (SSSR count). The highest BCUT2D eigenvalue weighted by molar-refractivity contribution is 5.74. The van der Waals surface area contributed by atoms with Crippen LogP contribution < -0.4 is 5.32 Å². The highest BCUT2D eigenvalue weighted by Gasteiger charge is 2.33. The first kappa shape index (κ1) is 13.8. The number of methoxy groups -OCH3 is 1. The van der Waals surface area contributed by atoms with E-state index in [2.05, 4.69) is 5.32 Å². The maximum absolute atomic E-state index is 12.0. The zero-order valence-electron chi connectivity index (χ0n) is 11.3. The van der Waals surface area contributed by atoms with Gasteiger partial charge in [-0.15, -0.1) is 0 Å². The number of urea groups is 1. The maximum Gasteiger partial charge on any atom is 0.317 e. The molecule has 1 aliphatic heterocycles. The van der Waals surface area contributed by atoms with Crippen molar-refractivity contribution in [1.82, 2.24) is 10.2 Å². The van der Waals surface area contributed by atoms with Crippen LogP contribution in [0.15, 0.2) is 24.3 Å². The smallest absolute Gasteiger partial charge is 0.317 e. The highest BCUT2D eigenvalue weighted by Crippen LogP contribution is 2.13. The summed E-state index contributed by atoms with van der Waals surface area (Å²) in [6.07, 6.45) is -0.889. The van der Waals surface area contributed by atoms with Gasteiger partial charge in [0.2, 0.25) is 0 Å². The molecule has 1 heterocycles. The van der Waals surface area contributed by atoms with Crippen molar-refractivity contribution in [2.75, 3.05) is 20.2 Å². The number of benzene rings is 1. The topological polar surface area (TPSA) is 61.8 Å². The summed E-state index contributed by atoms with van der Waals surface area (Å²) in [7, 11) is 1.54. The predicted molar refractivity (Wildman–Crippen MR) is 71.8 cm³/mol. The minimum atomic E-state index is -0.602. The van der Waals surface area contributed by atoms with Crippen molar-refractivity contribution < 1.29 is 14.6 Å². The molecule has 1 aliphatic rings. The van der Waals surface area contributed by atoms with Crippen LogP contribution in [0, 0.1) is 6.92 Å². The number of β-amino-alcohol motifs (C(OH)–C–C–N with tert-alkyl or cyclic N) is 1. The van der Waals surface area contributed by atoms with Gasteiger partial charge in [0, 0.05) is 13.7 Å². The Morgan fingerprint density at radius 2 is 2.32 bits per heavy atom. The number of hydrogen-bond donors (Lipinski definition) is 2. The lowest BCUT2D eigenvalue weighted by Crippen LogP contribution is -2.38. The Balaban J connectivity index is 1.85. The Morgan fingerprint density at radius 1 is 1.53 bits per heavy atom. The van der Waals surface area contributed by atoms with Gasteiger partial charge in [-0.2, -0.15) is 0 Å². The number of likely N-dealkylation sites (tertiary alicyclic amines) is 1. The molecule has 1 saturated heterocycles. The first-order chi connectivity index (χ1) is 9.10. The molecule has 1 aromatic carbocycles. The van der Waals surface area contributed by atoms with Crippen molar-refractivity contribution in [3.05, 3.63) is 35.4 Å². The van der Waals surface area contributed by atoms with Crippen LogP contribution in [0.2, 0.25) is 0 Å². The predicted octanol–water partition coefficient (Wildman–Crippen LogP) is 0.896. The molecule has 1 aromatic rings. The molecule has 5 heteroatoms. The molecule has 2 amide bonds. The molecule has 0 aromatic heterocycles. The van der Waals surface area contributed by atoms with Gasteiger partial charge in [0.25, 0.3) is 0 Å². The lowest BCUT2D eigenvalue weighted by atomic mass is 10.1. The number of ether oxygens (including phenoxy) is 1. The second-order valence-corrected chi connectivity index (χ2v) is 4.89. The normalized spacial score (nSPS) is 22.6. The van der Waals surface area contributed by atoms with Crippen molar-refractivity contribution in [1.29, 1.82) is 0 Å².